The molecular weight excluding hydrogens is 200 g/mol. The average molecular weight is 209 g/mol. The van der Waals surface area contributed by atoms with Crippen LogP contribution in [0.3, 0.4) is 0 Å². The van der Waals surface area contributed by atoms with E-state index in [1.807, 2.05) is 24.3 Å². The van der Waals surface area contributed by atoms with Crippen molar-refractivity contribution in [2.45, 2.75) is 12.8 Å². The first kappa shape index (κ1) is 9.21. The predicted molar refractivity (Wildman–Crippen MR) is 55.4 cm³/mol. The Bertz CT molecular complexity index is 401. The fraction of sp³-hybridized carbons (Fsp3) is 0.200. The Morgan fingerprint density at radius 1 is 1.29 bits per heavy atom. The zero-order chi connectivity index (χ0) is 9.97. The number of hydrogen-bond acceptors (Lipinski definition) is 2. The number of nitrogens with zero attached hydrogens (tertiary/aromatic N) is 1. The van der Waals surface area contributed by atoms with Gasteiger partial charge in [-0.1, -0.05) is 29.8 Å². The summed E-state index contributed by atoms with van der Waals surface area (Å²) in [5, 5.41) is 4.64. The van der Waals surface area contributed by atoms with Crippen LogP contribution in [0, 0.1) is 0 Å². The highest BCUT2D eigenvalue weighted by molar-refractivity contribution is 6.34. The lowest BCUT2D eigenvalue weighted by Crippen LogP contribution is -2.26. The molecule has 1 aliphatic rings. The second kappa shape index (κ2) is 3.80. The van der Waals surface area contributed by atoms with E-state index in [9.17, 15) is 4.79 Å². The van der Waals surface area contributed by atoms with Gasteiger partial charge in [-0.3, -0.25) is 4.79 Å². The molecule has 1 aliphatic heterocycles. The fourth-order valence-corrected chi connectivity index (χ4v) is 1.61. The van der Waals surface area contributed by atoms with Crippen LogP contribution in [-0.4, -0.2) is 11.6 Å². The van der Waals surface area contributed by atoms with Crippen molar-refractivity contribution in [2.75, 3.05) is 0 Å². The van der Waals surface area contributed by atoms with Crippen molar-refractivity contribution < 1.29 is 4.79 Å². The molecule has 1 heterocycles. The molecule has 0 unspecified atom stereocenters. The number of carbonyl (C=O) groups excluding carboxylic acids is 1. The van der Waals surface area contributed by atoms with E-state index in [0.717, 1.165) is 11.3 Å². The Morgan fingerprint density at radius 2 is 2.07 bits per heavy atom. The zero-order valence-electron chi connectivity index (χ0n) is 7.46. The Labute approximate surface area is 86.8 Å². The molecule has 0 bridgehead atoms. The summed E-state index contributed by atoms with van der Waals surface area (Å²) in [6, 6.07) is 7.49. The molecule has 1 aromatic rings. The van der Waals surface area contributed by atoms with Gasteiger partial charge >= 0.3 is 0 Å². The van der Waals surface area contributed by atoms with E-state index in [2.05, 4.69) is 10.5 Å². The van der Waals surface area contributed by atoms with Gasteiger partial charge in [0.1, 0.15) is 0 Å². The number of halogens is 1. The highest BCUT2D eigenvalue weighted by Crippen LogP contribution is 2.19. The second-order valence-corrected chi connectivity index (χ2v) is 3.48. The van der Waals surface area contributed by atoms with Gasteiger partial charge in [0.15, 0.2) is 0 Å². The summed E-state index contributed by atoms with van der Waals surface area (Å²) >= 11 is 6.00. The largest absolute Gasteiger partial charge is 0.273 e. The van der Waals surface area contributed by atoms with Crippen molar-refractivity contribution in [3.63, 3.8) is 0 Å². The lowest BCUT2D eigenvalue weighted by molar-refractivity contribution is -0.121. The minimum atomic E-state index is -0.0409. The first-order chi connectivity index (χ1) is 6.77. The van der Waals surface area contributed by atoms with Crippen LogP contribution in [0.4, 0.5) is 0 Å². The number of hydrogen-bond donors (Lipinski definition) is 1. The van der Waals surface area contributed by atoms with Gasteiger partial charge in [0, 0.05) is 23.4 Å². The maximum absolute atomic E-state index is 10.9. The molecule has 0 atom stereocenters. The molecule has 2 rings (SSSR count). The van der Waals surface area contributed by atoms with E-state index in [0.29, 0.717) is 17.9 Å². The van der Waals surface area contributed by atoms with Crippen LogP contribution in [0.15, 0.2) is 29.4 Å². The van der Waals surface area contributed by atoms with Crippen LogP contribution in [0.1, 0.15) is 18.4 Å². The molecule has 0 aromatic heterocycles. The third-order valence-electron chi connectivity index (χ3n) is 2.09. The molecule has 14 heavy (non-hydrogen) atoms. The first-order valence-corrected chi connectivity index (χ1v) is 4.75. The van der Waals surface area contributed by atoms with Gasteiger partial charge in [0.25, 0.3) is 0 Å². The van der Waals surface area contributed by atoms with E-state index in [1.165, 1.54) is 0 Å². The molecule has 1 N–H and O–H groups in total. The van der Waals surface area contributed by atoms with Gasteiger partial charge in [-0.2, -0.15) is 5.10 Å². The molecule has 0 saturated carbocycles. The SMILES string of the molecule is O=C1CCC(c2ccccc2Cl)=NN1. The molecule has 0 aliphatic carbocycles. The molecule has 3 nitrogen and oxygen atoms in total. The van der Waals surface area contributed by atoms with Crippen molar-refractivity contribution in [1.82, 2.24) is 5.43 Å². The maximum atomic E-state index is 10.9. The van der Waals surface area contributed by atoms with Crippen LogP contribution >= 0.6 is 11.6 Å². The summed E-state index contributed by atoms with van der Waals surface area (Å²) < 4.78 is 0. The molecular formula is C10H9ClN2O. The third-order valence-corrected chi connectivity index (χ3v) is 2.42. The Morgan fingerprint density at radius 3 is 2.71 bits per heavy atom. The van der Waals surface area contributed by atoms with Gasteiger partial charge in [-0.05, 0) is 6.07 Å². The molecule has 0 saturated heterocycles. The van der Waals surface area contributed by atoms with E-state index in [1.54, 1.807) is 0 Å². The van der Waals surface area contributed by atoms with E-state index < -0.39 is 0 Å². The van der Waals surface area contributed by atoms with Crippen LogP contribution in [0.5, 0.6) is 0 Å². The maximum Gasteiger partial charge on any atom is 0.240 e. The highest BCUT2D eigenvalue weighted by atomic mass is 35.5. The van der Waals surface area contributed by atoms with Gasteiger partial charge in [-0.15, -0.1) is 0 Å². The molecule has 4 heteroatoms. The number of nitrogens with one attached hydrogen (secondary N) is 1. The van der Waals surface area contributed by atoms with E-state index in [-0.39, 0.29) is 5.91 Å². The first-order valence-electron chi connectivity index (χ1n) is 4.37. The van der Waals surface area contributed by atoms with Crippen molar-refractivity contribution in [1.29, 1.82) is 0 Å². The number of amides is 1. The summed E-state index contributed by atoms with van der Waals surface area (Å²) in [6.45, 7) is 0. The Kier molecular flexibility index (Phi) is 2.50. The molecule has 72 valence electrons. The Hall–Kier alpha value is -1.35. The number of hydrazone groups is 1. The lowest BCUT2D eigenvalue weighted by atomic mass is 10.0. The third kappa shape index (κ3) is 1.77. The predicted octanol–water partition coefficient (Wildman–Crippen LogP) is 1.95. The normalized spacial score (nSPS) is 16.1. The van der Waals surface area contributed by atoms with Crippen LogP contribution in [0.25, 0.3) is 0 Å². The summed E-state index contributed by atoms with van der Waals surface area (Å²) in [5.41, 5.74) is 4.19. The van der Waals surface area contributed by atoms with Crippen LogP contribution in [-0.2, 0) is 4.79 Å². The van der Waals surface area contributed by atoms with Crippen molar-refractivity contribution >= 4 is 23.2 Å². The zero-order valence-corrected chi connectivity index (χ0v) is 8.21. The number of benzene rings is 1. The van der Waals surface area contributed by atoms with Gasteiger partial charge < -0.3 is 0 Å². The van der Waals surface area contributed by atoms with Crippen molar-refractivity contribution in [3.05, 3.63) is 34.9 Å². The quantitative estimate of drug-likeness (QED) is 0.753. The van der Waals surface area contributed by atoms with Crippen LogP contribution < -0.4 is 5.43 Å². The smallest absolute Gasteiger partial charge is 0.240 e. The lowest BCUT2D eigenvalue weighted by Gasteiger charge is -2.12. The summed E-state index contributed by atoms with van der Waals surface area (Å²) in [4.78, 5) is 10.9. The summed E-state index contributed by atoms with van der Waals surface area (Å²) in [6.07, 6.45) is 1.12. The Balaban J connectivity index is 2.32. The van der Waals surface area contributed by atoms with Crippen molar-refractivity contribution in [2.24, 2.45) is 5.10 Å². The molecule has 0 spiro atoms. The summed E-state index contributed by atoms with van der Waals surface area (Å²) in [7, 11) is 0. The van der Waals surface area contributed by atoms with Crippen LogP contribution in [0.2, 0.25) is 5.02 Å². The van der Waals surface area contributed by atoms with Gasteiger partial charge in [0.05, 0.1) is 5.71 Å². The average Bonchev–Trinajstić information content (AvgIpc) is 2.20. The molecule has 0 radical (unpaired) electrons. The topological polar surface area (TPSA) is 41.5 Å². The molecule has 1 aromatic carbocycles. The number of rotatable bonds is 1. The second-order valence-electron chi connectivity index (χ2n) is 3.07. The number of carbonyl (C=O) groups is 1. The fourth-order valence-electron chi connectivity index (χ4n) is 1.36. The standard InChI is InChI=1S/C10H9ClN2O/c11-8-4-2-1-3-7(8)9-5-6-10(14)13-12-9/h1-4H,5-6H2,(H,13,14). The van der Waals surface area contributed by atoms with Gasteiger partial charge in [0.2, 0.25) is 5.91 Å². The van der Waals surface area contributed by atoms with Crippen molar-refractivity contribution in [3.8, 4) is 0 Å². The minimum Gasteiger partial charge on any atom is -0.273 e. The summed E-state index contributed by atoms with van der Waals surface area (Å²) in [5.74, 6) is -0.0409. The van der Waals surface area contributed by atoms with E-state index in [4.69, 9.17) is 11.6 Å². The molecule has 0 fully saturated rings. The van der Waals surface area contributed by atoms with E-state index >= 15 is 0 Å². The van der Waals surface area contributed by atoms with Gasteiger partial charge in [-0.25, -0.2) is 5.43 Å². The highest BCUT2D eigenvalue weighted by Gasteiger charge is 2.14. The monoisotopic (exact) mass is 208 g/mol. The molecule has 1 amide bonds. The minimum absolute atomic E-state index is 0.0409.